The van der Waals surface area contributed by atoms with Crippen molar-refractivity contribution in [1.82, 2.24) is 4.98 Å². The fourth-order valence-corrected chi connectivity index (χ4v) is 1.78. The normalized spacial score (nSPS) is 10.5. The summed E-state index contributed by atoms with van der Waals surface area (Å²) in [6.45, 7) is 2.12. The van der Waals surface area contributed by atoms with E-state index in [1.54, 1.807) is 11.8 Å². The Balaban J connectivity index is 2.49. The van der Waals surface area contributed by atoms with Gasteiger partial charge in [-0.2, -0.15) is 0 Å². The van der Waals surface area contributed by atoms with Crippen LogP contribution < -0.4 is 0 Å². The van der Waals surface area contributed by atoms with Crippen molar-refractivity contribution in [2.75, 3.05) is 5.75 Å². The van der Waals surface area contributed by atoms with Crippen LogP contribution in [0.1, 0.15) is 6.92 Å². The maximum atomic E-state index is 4.47. The average Bonchev–Trinajstić information content (AvgIpc) is 2.18. The van der Waals surface area contributed by atoms with E-state index < -0.39 is 0 Å². The van der Waals surface area contributed by atoms with E-state index in [2.05, 4.69) is 24.0 Å². The van der Waals surface area contributed by atoms with E-state index >= 15 is 0 Å². The number of aromatic nitrogens is 1. The van der Waals surface area contributed by atoms with Crippen LogP contribution in [-0.4, -0.2) is 10.7 Å². The molecule has 0 aliphatic heterocycles. The van der Waals surface area contributed by atoms with Crippen LogP contribution in [0.25, 0.3) is 10.9 Å². The van der Waals surface area contributed by atoms with Crippen molar-refractivity contribution in [3.05, 3.63) is 36.4 Å². The molecule has 0 amide bonds. The largest absolute Gasteiger partial charge is 0.241 e. The molecule has 0 fully saturated rings. The fourth-order valence-electron chi connectivity index (χ4n) is 1.20. The van der Waals surface area contributed by atoms with E-state index in [0.29, 0.717) is 0 Å². The van der Waals surface area contributed by atoms with Gasteiger partial charge in [0.1, 0.15) is 5.03 Å². The highest BCUT2D eigenvalue weighted by molar-refractivity contribution is 7.99. The molecule has 1 aromatic heterocycles. The molecule has 0 atom stereocenters. The van der Waals surface area contributed by atoms with Crippen molar-refractivity contribution in [2.24, 2.45) is 0 Å². The Kier molecular flexibility index (Phi) is 2.50. The third kappa shape index (κ3) is 1.83. The maximum absolute atomic E-state index is 4.47. The highest BCUT2D eigenvalue weighted by Gasteiger charge is 1.96. The van der Waals surface area contributed by atoms with Crippen LogP contribution in [0.3, 0.4) is 0 Å². The van der Waals surface area contributed by atoms with Gasteiger partial charge in [-0.3, -0.25) is 0 Å². The van der Waals surface area contributed by atoms with Gasteiger partial charge < -0.3 is 0 Å². The van der Waals surface area contributed by atoms with E-state index in [1.807, 2.05) is 24.3 Å². The summed E-state index contributed by atoms with van der Waals surface area (Å²) in [7, 11) is 0. The van der Waals surface area contributed by atoms with Crippen molar-refractivity contribution < 1.29 is 0 Å². The van der Waals surface area contributed by atoms with Gasteiger partial charge >= 0.3 is 0 Å². The molecule has 2 heteroatoms. The summed E-state index contributed by atoms with van der Waals surface area (Å²) in [5, 5.41) is 2.14. The zero-order valence-corrected chi connectivity index (χ0v) is 8.27. The third-order valence-electron chi connectivity index (χ3n) is 1.79. The van der Waals surface area contributed by atoms with E-state index in [4.69, 9.17) is 0 Å². The van der Waals surface area contributed by atoms with Crippen LogP contribution in [-0.2, 0) is 0 Å². The minimum Gasteiger partial charge on any atom is -0.241 e. The Labute approximate surface area is 82.2 Å². The molecule has 0 aliphatic rings. The second-order valence-corrected chi connectivity index (χ2v) is 3.95. The van der Waals surface area contributed by atoms with Crippen LogP contribution in [0, 0.1) is 6.07 Å². The van der Waals surface area contributed by atoms with Gasteiger partial charge in [-0.1, -0.05) is 25.1 Å². The lowest BCUT2D eigenvalue weighted by atomic mass is 10.2. The molecule has 13 heavy (non-hydrogen) atoms. The number of nitrogens with zero attached hydrogens (tertiary/aromatic N) is 1. The quantitative estimate of drug-likeness (QED) is 0.671. The number of fused-ring (bicyclic) bond motifs is 1. The SMILES string of the molecule is CCSc1[c]cc2ccccc2n1. The summed E-state index contributed by atoms with van der Waals surface area (Å²) < 4.78 is 0. The van der Waals surface area contributed by atoms with E-state index in [0.717, 1.165) is 21.7 Å². The smallest absolute Gasteiger partial charge is 0.105 e. The molecule has 1 heterocycles. The van der Waals surface area contributed by atoms with Crippen LogP contribution in [0.2, 0.25) is 0 Å². The Morgan fingerprint density at radius 3 is 3.08 bits per heavy atom. The molecule has 1 radical (unpaired) electrons. The lowest BCUT2D eigenvalue weighted by Crippen LogP contribution is -1.82. The van der Waals surface area contributed by atoms with Crippen molar-refractivity contribution in [3.8, 4) is 0 Å². The zero-order chi connectivity index (χ0) is 9.10. The Hall–Kier alpha value is -1.02. The molecule has 2 rings (SSSR count). The summed E-state index contributed by atoms with van der Waals surface area (Å²) in [4.78, 5) is 4.47. The first kappa shape index (κ1) is 8.57. The molecule has 0 aliphatic carbocycles. The fraction of sp³-hybridized carbons (Fsp3) is 0.182. The van der Waals surface area contributed by atoms with Crippen molar-refractivity contribution in [3.63, 3.8) is 0 Å². The Morgan fingerprint density at radius 1 is 1.38 bits per heavy atom. The minimum atomic E-state index is 0.987. The second kappa shape index (κ2) is 3.79. The molecule has 1 nitrogen and oxygen atoms in total. The van der Waals surface area contributed by atoms with E-state index in [9.17, 15) is 0 Å². The number of rotatable bonds is 2. The Morgan fingerprint density at radius 2 is 2.23 bits per heavy atom. The minimum absolute atomic E-state index is 0.987. The van der Waals surface area contributed by atoms with Gasteiger partial charge in [0.15, 0.2) is 0 Å². The first-order chi connectivity index (χ1) is 6.40. The first-order valence-corrected chi connectivity index (χ1v) is 5.29. The number of hydrogen-bond donors (Lipinski definition) is 0. The molecule has 0 spiro atoms. The number of hydrogen-bond acceptors (Lipinski definition) is 2. The van der Waals surface area contributed by atoms with Gasteiger partial charge in [0.2, 0.25) is 0 Å². The highest BCUT2D eigenvalue weighted by Crippen LogP contribution is 2.18. The van der Waals surface area contributed by atoms with Gasteiger partial charge in [0.25, 0.3) is 0 Å². The van der Waals surface area contributed by atoms with Gasteiger partial charge in [-0.15, -0.1) is 11.8 Å². The topological polar surface area (TPSA) is 12.9 Å². The van der Waals surface area contributed by atoms with Gasteiger partial charge in [0, 0.05) is 11.5 Å². The molecule has 65 valence electrons. The lowest BCUT2D eigenvalue weighted by Gasteiger charge is -1.99. The monoisotopic (exact) mass is 188 g/mol. The number of pyridine rings is 1. The molecular formula is C11H10NS. The molecule has 0 bridgehead atoms. The third-order valence-corrected chi connectivity index (χ3v) is 2.56. The number of para-hydroxylation sites is 1. The second-order valence-electron chi connectivity index (χ2n) is 2.70. The van der Waals surface area contributed by atoms with Gasteiger partial charge in [0.05, 0.1) is 5.52 Å². The summed E-state index contributed by atoms with van der Waals surface area (Å²) in [5.74, 6) is 1.04. The molecule has 0 saturated heterocycles. The van der Waals surface area contributed by atoms with E-state index in [-0.39, 0.29) is 0 Å². The molecule has 0 N–H and O–H groups in total. The summed E-state index contributed by atoms with van der Waals surface area (Å²) in [5.41, 5.74) is 1.05. The molecule has 0 saturated carbocycles. The molecular weight excluding hydrogens is 178 g/mol. The van der Waals surface area contributed by atoms with Gasteiger partial charge in [-0.25, -0.2) is 4.98 Å². The van der Waals surface area contributed by atoms with Crippen molar-refractivity contribution in [2.45, 2.75) is 11.9 Å². The maximum Gasteiger partial charge on any atom is 0.105 e. The lowest BCUT2D eigenvalue weighted by molar-refractivity contribution is 1.18. The molecule has 2 aromatic rings. The molecule has 0 unspecified atom stereocenters. The molecule has 1 aromatic carbocycles. The predicted molar refractivity (Wildman–Crippen MR) is 57.0 cm³/mol. The van der Waals surface area contributed by atoms with Crippen LogP contribution >= 0.6 is 11.8 Å². The van der Waals surface area contributed by atoms with Crippen molar-refractivity contribution in [1.29, 1.82) is 0 Å². The summed E-state index contributed by atoms with van der Waals surface area (Å²) >= 11 is 1.72. The van der Waals surface area contributed by atoms with E-state index in [1.165, 1.54) is 0 Å². The zero-order valence-electron chi connectivity index (χ0n) is 7.45. The summed E-state index contributed by atoms with van der Waals surface area (Å²) in [6.07, 6.45) is 0. The van der Waals surface area contributed by atoms with Crippen LogP contribution in [0.15, 0.2) is 35.4 Å². The number of thioether (sulfide) groups is 1. The van der Waals surface area contributed by atoms with Crippen molar-refractivity contribution >= 4 is 22.7 Å². The highest BCUT2D eigenvalue weighted by atomic mass is 32.2. The standard InChI is InChI=1S/C11H10NS/c1-2-13-11-8-7-9-5-3-4-6-10(9)12-11/h3-7H,2H2,1H3. The first-order valence-electron chi connectivity index (χ1n) is 4.30. The number of benzene rings is 1. The van der Waals surface area contributed by atoms with Gasteiger partial charge in [-0.05, 0) is 17.9 Å². The predicted octanol–water partition coefficient (Wildman–Crippen LogP) is 3.15. The summed E-state index contributed by atoms with van der Waals surface area (Å²) in [6, 6.07) is 13.3. The van der Waals surface area contributed by atoms with Crippen LogP contribution in [0.5, 0.6) is 0 Å². The Bertz CT molecular complexity index is 412. The average molecular weight is 188 g/mol. The van der Waals surface area contributed by atoms with Crippen LogP contribution in [0.4, 0.5) is 0 Å².